The van der Waals surface area contributed by atoms with Crippen LogP contribution in [-0.2, 0) is 6.54 Å². The number of hydrogen-bond donors (Lipinski definition) is 1. The summed E-state index contributed by atoms with van der Waals surface area (Å²) in [5, 5.41) is 4.67. The second-order valence-corrected chi connectivity index (χ2v) is 3.37. The Morgan fingerprint density at radius 3 is 3.08 bits per heavy atom. The minimum absolute atomic E-state index is 0.509. The van der Waals surface area contributed by atoms with Crippen LogP contribution < -0.4 is 5.73 Å². The fraction of sp³-hybridized carbons (Fsp3) is 0.125. The van der Waals surface area contributed by atoms with E-state index in [2.05, 4.69) is 21.1 Å². The Labute approximate surface area is 77.7 Å². The van der Waals surface area contributed by atoms with Crippen LogP contribution >= 0.6 is 15.9 Å². The minimum atomic E-state index is 0.509. The molecule has 0 aliphatic carbocycles. The SMILES string of the molecule is NCc1cc(Br)c2cnoc2c1. The summed E-state index contributed by atoms with van der Waals surface area (Å²) in [6, 6.07) is 3.87. The van der Waals surface area contributed by atoms with Gasteiger partial charge in [0.1, 0.15) is 0 Å². The highest BCUT2D eigenvalue weighted by molar-refractivity contribution is 9.10. The quantitative estimate of drug-likeness (QED) is 0.810. The lowest BCUT2D eigenvalue weighted by molar-refractivity contribution is 0.456. The Bertz CT molecular complexity index is 410. The number of benzene rings is 1. The number of hydrogen-bond acceptors (Lipinski definition) is 3. The van der Waals surface area contributed by atoms with E-state index < -0.39 is 0 Å². The van der Waals surface area contributed by atoms with Crippen LogP contribution in [-0.4, -0.2) is 5.16 Å². The number of nitrogens with two attached hydrogens (primary N) is 1. The molecule has 0 aliphatic rings. The first-order chi connectivity index (χ1) is 5.81. The number of aromatic nitrogens is 1. The van der Waals surface area contributed by atoms with Gasteiger partial charge in [-0.15, -0.1) is 0 Å². The summed E-state index contributed by atoms with van der Waals surface area (Å²) in [7, 11) is 0. The Balaban J connectivity index is 2.75. The van der Waals surface area contributed by atoms with E-state index in [1.165, 1.54) is 0 Å². The van der Waals surface area contributed by atoms with Gasteiger partial charge in [0.05, 0.1) is 11.6 Å². The average Bonchev–Trinajstić information content (AvgIpc) is 2.52. The molecule has 0 radical (unpaired) electrons. The molecule has 4 heteroatoms. The third kappa shape index (κ3) is 1.13. The third-order valence-electron chi connectivity index (χ3n) is 1.72. The van der Waals surface area contributed by atoms with Gasteiger partial charge in [-0.05, 0) is 33.6 Å². The van der Waals surface area contributed by atoms with Gasteiger partial charge in [-0.1, -0.05) is 5.16 Å². The zero-order valence-electron chi connectivity index (χ0n) is 6.25. The van der Waals surface area contributed by atoms with Crippen molar-refractivity contribution in [2.75, 3.05) is 0 Å². The van der Waals surface area contributed by atoms with E-state index in [0.29, 0.717) is 6.54 Å². The number of rotatable bonds is 1. The standard InChI is InChI=1S/C8H7BrN2O/c9-7-1-5(3-10)2-8-6(7)4-11-12-8/h1-2,4H,3,10H2. The Hall–Kier alpha value is -0.870. The molecule has 2 N–H and O–H groups in total. The summed E-state index contributed by atoms with van der Waals surface area (Å²) < 4.78 is 5.98. The fourth-order valence-corrected chi connectivity index (χ4v) is 1.69. The van der Waals surface area contributed by atoms with Crippen LogP contribution in [0.25, 0.3) is 11.0 Å². The van der Waals surface area contributed by atoms with Crippen LogP contribution in [0.4, 0.5) is 0 Å². The van der Waals surface area contributed by atoms with E-state index >= 15 is 0 Å². The molecule has 1 aromatic carbocycles. The molecule has 2 aromatic rings. The van der Waals surface area contributed by atoms with Gasteiger partial charge >= 0.3 is 0 Å². The normalized spacial score (nSPS) is 10.8. The lowest BCUT2D eigenvalue weighted by Gasteiger charge is -1.97. The molecule has 0 fully saturated rings. The zero-order chi connectivity index (χ0) is 8.55. The zero-order valence-corrected chi connectivity index (χ0v) is 7.84. The van der Waals surface area contributed by atoms with E-state index in [0.717, 1.165) is 21.0 Å². The molecular formula is C8H7BrN2O. The molecule has 0 saturated carbocycles. The Morgan fingerprint density at radius 2 is 2.33 bits per heavy atom. The minimum Gasteiger partial charge on any atom is -0.356 e. The van der Waals surface area contributed by atoms with Crippen molar-refractivity contribution in [3.63, 3.8) is 0 Å². The first-order valence-corrected chi connectivity index (χ1v) is 4.33. The lowest BCUT2D eigenvalue weighted by Crippen LogP contribution is -1.95. The summed E-state index contributed by atoms with van der Waals surface area (Å²) >= 11 is 3.41. The Morgan fingerprint density at radius 1 is 1.50 bits per heavy atom. The van der Waals surface area contributed by atoms with Gasteiger partial charge in [0.2, 0.25) is 0 Å². The predicted molar refractivity (Wildman–Crippen MR) is 49.6 cm³/mol. The van der Waals surface area contributed by atoms with E-state index in [-0.39, 0.29) is 0 Å². The highest BCUT2D eigenvalue weighted by Crippen LogP contribution is 2.25. The smallest absolute Gasteiger partial charge is 0.168 e. The predicted octanol–water partition coefficient (Wildman–Crippen LogP) is 2.05. The van der Waals surface area contributed by atoms with Crippen LogP contribution in [0.2, 0.25) is 0 Å². The van der Waals surface area contributed by atoms with Crippen molar-refractivity contribution in [1.82, 2.24) is 5.16 Å². The topological polar surface area (TPSA) is 52.0 Å². The van der Waals surface area contributed by atoms with Crippen molar-refractivity contribution in [3.05, 3.63) is 28.4 Å². The molecule has 0 bridgehead atoms. The van der Waals surface area contributed by atoms with Crippen molar-refractivity contribution in [3.8, 4) is 0 Å². The highest BCUT2D eigenvalue weighted by Gasteiger charge is 2.04. The second kappa shape index (κ2) is 2.88. The largest absolute Gasteiger partial charge is 0.356 e. The first kappa shape index (κ1) is 7.76. The average molecular weight is 227 g/mol. The van der Waals surface area contributed by atoms with Gasteiger partial charge in [-0.3, -0.25) is 0 Å². The molecule has 1 aromatic heterocycles. The molecule has 2 rings (SSSR count). The van der Waals surface area contributed by atoms with Crippen molar-refractivity contribution in [2.24, 2.45) is 5.73 Å². The molecule has 1 heterocycles. The monoisotopic (exact) mass is 226 g/mol. The molecular weight excluding hydrogens is 220 g/mol. The summed E-state index contributed by atoms with van der Waals surface area (Å²) in [4.78, 5) is 0. The molecule has 0 amide bonds. The van der Waals surface area contributed by atoms with E-state index in [9.17, 15) is 0 Å². The molecule has 0 atom stereocenters. The highest BCUT2D eigenvalue weighted by atomic mass is 79.9. The van der Waals surface area contributed by atoms with Gasteiger partial charge < -0.3 is 10.3 Å². The maximum Gasteiger partial charge on any atom is 0.168 e. The van der Waals surface area contributed by atoms with Gasteiger partial charge in [0.15, 0.2) is 5.58 Å². The number of fused-ring (bicyclic) bond motifs is 1. The lowest BCUT2D eigenvalue weighted by atomic mass is 10.2. The van der Waals surface area contributed by atoms with Crippen molar-refractivity contribution in [2.45, 2.75) is 6.54 Å². The summed E-state index contributed by atoms with van der Waals surface area (Å²) in [6.07, 6.45) is 1.68. The number of halogens is 1. The number of nitrogens with zero attached hydrogens (tertiary/aromatic N) is 1. The maximum atomic E-state index is 5.50. The van der Waals surface area contributed by atoms with Gasteiger partial charge in [-0.2, -0.15) is 0 Å². The van der Waals surface area contributed by atoms with Crippen LogP contribution in [0.15, 0.2) is 27.3 Å². The molecule has 12 heavy (non-hydrogen) atoms. The van der Waals surface area contributed by atoms with Crippen molar-refractivity contribution in [1.29, 1.82) is 0 Å². The summed E-state index contributed by atoms with van der Waals surface area (Å²) in [5.74, 6) is 0. The van der Waals surface area contributed by atoms with Crippen molar-refractivity contribution >= 4 is 26.9 Å². The molecule has 62 valence electrons. The van der Waals surface area contributed by atoms with Crippen molar-refractivity contribution < 1.29 is 4.52 Å². The van der Waals surface area contributed by atoms with E-state index in [1.807, 2.05) is 12.1 Å². The van der Waals surface area contributed by atoms with Crippen LogP contribution in [0.3, 0.4) is 0 Å². The van der Waals surface area contributed by atoms with Crippen LogP contribution in [0, 0.1) is 0 Å². The van der Waals surface area contributed by atoms with E-state index in [1.54, 1.807) is 6.20 Å². The first-order valence-electron chi connectivity index (χ1n) is 3.54. The molecule has 0 aliphatic heterocycles. The third-order valence-corrected chi connectivity index (χ3v) is 2.38. The molecule has 0 spiro atoms. The van der Waals surface area contributed by atoms with Crippen LogP contribution in [0.5, 0.6) is 0 Å². The molecule has 3 nitrogen and oxygen atoms in total. The maximum absolute atomic E-state index is 5.50. The van der Waals surface area contributed by atoms with Gasteiger partial charge in [-0.25, -0.2) is 0 Å². The summed E-state index contributed by atoms with van der Waals surface area (Å²) in [6.45, 7) is 0.509. The van der Waals surface area contributed by atoms with Gasteiger partial charge in [0.25, 0.3) is 0 Å². The molecule has 0 saturated heterocycles. The Kier molecular flexibility index (Phi) is 1.86. The second-order valence-electron chi connectivity index (χ2n) is 2.52. The summed E-state index contributed by atoms with van der Waals surface area (Å²) in [5.41, 5.74) is 7.30. The fourth-order valence-electron chi connectivity index (χ4n) is 1.10. The van der Waals surface area contributed by atoms with E-state index in [4.69, 9.17) is 10.3 Å². The molecule has 0 unspecified atom stereocenters. The van der Waals surface area contributed by atoms with Gasteiger partial charge in [0, 0.05) is 11.0 Å². The van der Waals surface area contributed by atoms with Crippen LogP contribution in [0.1, 0.15) is 5.56 Å².